The zero-order valence-electron chi connectivity index (χ0n) is 13.3. The van der Waals surface area contributed by atoms with Gasteiger partial charge in [-0.05, 0) is 0 Å². The van der Waals surface area contributed by atoms with Crippen molar-refractivity contribution < 1.29 is 0 Å². The van der Waals surface area contributed by atoms with Gasteiger partial charge in [0.2, 0.25) is 0 Å². The van der Waals surface area contributed by atoms with Crippen molar-refractivity contribution in [1.82, 2.24) is 9.97 Å². The van der Waals surface area contributed by atoms with Crippen molar-refractivity contribution in [3.05, 3.63) is 53.9 Å². The normalized spacial score (nSPS) is 10.9. The van der Waals surface area contributed by atoms with Gasteiger partial charge in [0.15, 0.2) is 0 Å². The molecule has 0 atom stereocenters. The van der Waals surface area contributed by atoms with Crippen molar-refractivity contribution in [1.29, 1.82) is 0 Å². The molecular formula is C18H19N3Se. The summed E-state index contributed by atoms with van der Waals surface area (Å²) in [5, 5.41) is 1.08. The van der Waals surface area contributed by atoms with Gasteiger partial charge in [-0.2, -0.15) is 0 Å². The Morgan fingerprint density at radius 1 is 1.00 bits per heavy atom. The van der Waals surface area contributed by atoms with Crippen molar-refractivity contribution in [2.75, 3.05) is 11.9 Å². The van der Waals surface area contributed by atoms with Crippen LogP contribution in [0.3, 0.4) is 0 Å². The molecule has 1 heterocycles. The first-order chi connectivity index (χ1) is 10.6. The third kappa shape index (κ3) is 2.72. The number of anilines is 2. The van der Waals surface area contributed by atoms with Crippen LogP contribution in [0.1, 0.15) is 11.4 Å². The van der Waals surface area contributed by atoms with Gasteiger partial charge in [0.05, 0.1) is 0 Å². The van der Waals surface area contributed by atoms with Gasteiger partial charge in [0, 0.05) is 0 Å². The summed E-state index contributed by atoms with van der Waals surface area (Å²) < 4.78 is 1.45. The molecule has 0 N–H and O–H groups in total. The van der Waals surface area contributed by atoms with Crippen molar-refractivity contribution in [2.45, 2.75) is 19.7 Å². The molecule has 2 aromatic carbocycles. The van der Waals surface area contributed by atoms with Crippen LogP contribution in [-0.4, -0.2) is 32.0 Å². The van der Waals surface area contributed by atoms with Crippen LogP contribution in [0.25, 0.3) is 10.9 Å². The number of aryl methyl sites for hydroxylation is 2. The molecule has 3 aromatic rings. The summed E-state index contributed by atoms with van der Waals surface area (Å²) in [5.41, 5.74) is 3.50. The first-order valence-corrected chi connectivity index (χ1v) is 9.79. The van der Waals surface area contributed by atoms with Gasteiger partial charge in [0.1, 0.15) is 0 Å². The molecule has 0 spiro atoms. The van der Waals surface area contributed by atoms with Gasteiger partial charge in [-0.1, -0.05) is 0 Å². The fraction of sp³-hybridized carbons (Fsp3) is 0.222. The summed E-state index contributed by atoms with van der Waals surface area (Å²) in [5.74, 6) is 4.00. The van der Waals surface area contributed by atoms with E-state index < -0.39 is 0 Å². The van der Waals surface area contributed by atoms with E-state index in [0.717, 1.165) is 28.2 Å². The van der Waals surface area contributed by atoms with Gasteiger partial charge >= 0.3 is 137 Å². The number of fused-ring (bicyclic) bond motifs is 1. The zero-order chi connectivity index (χ0) is 15.7. The van der Waals surface area contributed by atoms with E-state index in [9.17, 15) is 0 Å². The Balaban J connectivity index is 2.12. The third-order valence-electron chi connectivity index (χ3n) is 3.78. The van der Waals surface area contributed by atoms with Gasteiger partial charge in [0.25, 0.3) is 0 Å². The molecule has 0 saturated heterocycles. The molecular weight excluding hydrogens is 337 g/mol. The molecule has 112 valence electrons. The van der Waals surface area contributed by atoms with Crippen molar-refractivity contribution in [3.8, 4) is 0 Å². The summed E-state index contributed by atoms with van der Waals surface area (Å²) >= 11 is 0.527. The first kappa shape index (κ1) is 15.0. The Labute approximate surface area is 137 Å². The van der Waals surface area contributed by atoms with Crippen LogP contribution in [0, 0.1) is 13.8 Å². The van der Waals surface area contributed by atoms with E-state index in [2.05, 4.69) is 58.9 Å². The van der Waals surface area contributed by atoms with Crippen LogP contribution in [0.15, 0.2) is 42.5 Å². The molecule has 4 heteroatoms. The van der Waals surface area contributed by atoms with Crippen LogP contribution in [0.2, 0.25) is 5.82 Å². The van der Waals surface area contributed by atoms with E-state index in [0.29, 0.717) is 15.0 Å². The fourth-order valence-corrected chi connectivity index (χ4v) is 3.85. The van der Waals surface area contributed by atoms with Crippen LogP contribution in [0.5, 0.6) is 0 Å². The predicted molar refractivity (Wildman–Crippen MR) is 94.8 cm³/mol. The Morgan fingerprint density at radius 3 is 2.50 bits per heavy atom. The summed E-state index contributed by atoms with van der Waals surface area (Å²) in [6, 6.07) is 14.8. The van der Waals surface area contributed by atoms with E-state index in [-0.39, 0.29) is 0 Å². The van der Waals surface area contributed by atoms with E-state index in [1.165, 1.54) is 10.0 Å². The molecule has 3 nitrogen and oxygen atoms in total. The second kappa shape index (κ2) is 6.07. The van der Waals surface area contributed by atoms with E-state index in [4.69, 9.17) is 0 Å². The maximum absolute atomic E-state index is 4.67. The van der Waals surface area contributed by atoms with E-state index >= 15 is 0 Å². The molecule has 22 heavy (non-hydrogen) atoms. The first-order valence-electron chi connectivity index (χ1n) is 7.22. The van der Waals surface area contributed by atoms with Gasteiger partial charge < -0.3 is 0 Å². The molecule has 0 saturated carbocycles. The fourth-order valence-electron chi connectivity index (χ4n) is 2.62. The molecule has 0 aliphatic carbocycles. The molecule has 1 aromatic heterocycles. The topological polar surface area (TPSA) is 29.0 Å². The Kier molecular flexibility index (Phi) is 4.14. The average molecular weight is 356 g/mol. The second-order valence-electron chi connectivity index (χ2n) is 5.32. The Morgan fingerprint density at radius 2 is 1.77 bits per heavy atom. The number of benzene rings is 2. The Bertz CT molecular complexity index is 830. The van der Waals surface area contributed by atoms with E-state index in [1.54, 1.807) is 0 Å². The predicted octanol–water partition coefficient (Wildman–Crippen LogP) is 3.39. The standard InChI is InChI=1S/C18H19N3Se/c1-12-11-14(9-10-17(12)22-4)21(3)18-15-7-5-6-8-16(15)19-13(2)20-18/h5-11H,1-4H3. The molecule has 0 amide bonds. The zero-order valence-corrected chi connectivity index (χ0v) is 15.0. The summed E-state index contributed by atoms with van der Waals surface area (Å²) in [7, 11) is 2.07. The van der Waals surface area contributed by atoms with Crippen LogP contribution >= 0.6 is 0 Å². The van der Waals surface area contributed by atoms with Gasteiger partial charge in [-0.25, -0.2) is 0 Å². The molecule has 0 radical (unpaired) electrons. The summed E-state index contributed by atoms with van der Waals surface area (Å²) in [6.07, 6.45) is 0. The minimum absolute atomic E-state index is 0.527. The summed E-state index contributed by atoms with van der Waals surface area (Å²) in [6.45, 7) is 4.12. The van der Waals surface area contributed by atoms with Crippen LogP contribution < -0.4 is 9.36 Å². The molecule has 0 bridgehead atoms. The Hall–Kier alpha value is -1.90. The average Bonchev–Trinajstić information content (AvgIpc) is 2.53. The molecule has 0 aliphatic rings. The number of hydrogen-bond acceptors (Lipinski definition) is 3. The molecule has 0 aliphatic heterocycles. The molecule has 0 fully saturated rings. The number of aromatic nitrogens is 2. The van der Waals surface area contributed by atoms with Crippen LogP contribution in [0.4, 0.5) is 11.5 Å². The number of hydrogen-bond donors (Lipinski definition) is 0. The minimum atomic E-state index is 0.527. The van der Waals surface area contributed by atoms with E-state index in [1.807, 2.05) is 25.1 Å². The van der Waals surface area contributed by atoms with Crippen LogP contribution in [-0.2, 0) is 0 Å². The third-order valence-corrected chi connectivity index (χ3v) is 5.66. The molecule has 0 unspecified atom stereocenters. The van der Waals surface area contributed by atoms with Gasteiger partial charge in [-0.3, -0.25) is 0 Å². The van der Waals surface area contributed by atoms with Crippen molar-refractivity contribution in [2.24, 2.45) is 0 Å². The van der Waals surface area contributed by atoms with Crippen molar-refractivity contribution >= 4 is 41.8 Å². The second-order valence-corrected chi connectivity index (χ2v) is 7.10. The SMILES string of the molecule is C[Se]c1ccc(N(C)c2nc(C)nc3ccccc23)cc1C. The molecule has 3 rings (SSSR count). The number of rotatable bonds is 3. The monoisotopic (exact) mass is 357 g/mol. The maximum atomic E-state index is 4.67. The summed E-state index contributed by atoms with van der Waals surface area (Å²) in [4.78, 5) is 11.3. The number of nitrogens with zero attached hydrogens (tertiary/aromatic N) is 3. The quantitative estimate of drug-likeness (QED) is 0.674. The van der Waals surface area contributed by atoms with Crippen molar-refractivity contribution in [3.63, 3.8) is 0 Å². The van der Waals surface area contributed by atoms with Gasteiger partial charge in [-0.15, -0.1) is 0 Å². The number of para-hydroxylation sites is 1.